The summed E-state index contributed by atoms with van der Waals surface area (Å²) in [6, 6.07) is 6.05. The molecule has 0 radical (unpaired) electrons. The summed E-state index contributed by atoms with van der Waals surface area (Å²) < 4.78 is 4.84. The molecule has 3 atom stereocenters. The van der Waals surface area contributed by atoms with Gasteiger partial charge < -0.3 is 15.0 Å². The van der Waals surface area contributed by atoms with Crippen LogP contribution < -0.4 is 10.6 Å². The Bertz CT molecular complexity index is 1050. The molecule has 0 saturated heterocycles. The maximum atomic E-state index is 13.8. The van der Waals surface area contributed by atoms with Gasteiger partial charge in [0, 0.05) is 30.3 Å². The summed E-state index contributed by atoms with van der Waals surface area (Å²) >= 11 is 0. The molecule has 1 aromatic rings. The fraction of sp³-hybridized carbons (Fsp3) is 0.656. The van der Waals surface area contributed by atoms with Crippen LogP contribution in [0.5, 0.6) is 0 Å². The van der Waals surface area contributed by atoms with E-state index in [0.29, 0.717) is 31.3 Å². The van der Waals surface area contributed by atoms with Gasteiger partial charge in [-0.1, -0.05) is 64.9 Å². The first kappa shape index (κ1) is 29.3. The molecular weight excluding hydrogens is 490 g/mol. The number of rotatable bonds is 14. The van der Waals surface area contributed by atoms with Crippen molar-refractivity contribution >= 4 is 29.0 Å². The van der Waals surface area contributed by atoms with Gasteiger partial charge in [0.25, 0.3) is 0 Å². The lowest BCUT2D eigenvalue weighted by molar-refractivity contribution is -0.491. The standard InChI is InChI=1S/C32H47N3O4/c1-4-5-11-28(32(38)35(17-15-31(37)39-3)16-14-23-9-7-6-8-10-23)34-30(36)20-25-21-33-29-19-24(12-13-26(25)29)27-18-22(27)2/h12-13,19,21-23,27-28,33H,4-11,14-18,20H2,1-3H3,(H,34,36)/p+1. The molecule has 0 bridgehead atoms. The van der Waals surface area contributed by atoms with E-state index in [4.69, 9.17) is 4.74 Å². The Morgan fingerprint density at radius 2 is 1.92 bits per heavy atom. The van der Waals surface area contributed by atoms with Crippen LogP contribution in [0.4, 0.5) is 5.69 Å². The van der Waals surface area contributed by atoms with Gasteiger partial charge in [0.1, 0.15) is 17.9 Å². The summed E-state index contributed by atoms with van der Waals surface area (Å²) in [5, 5.41) is 5.18. The van der Waals surface area contributed by atoms with E-state index in [9.17, 15) is 14.4 Å². The van der Waals surface area contributed by atoms with Crippen molar-refractivity contribution in [2.45, 2.75) is 103 Å². The lowest BCUT2D eigenvalue weighted by Crippen LogP contribution is -2.69. The highest BCUT2D eigenvalue weighted by atomic mass is 16.5. The van der Waals surface area contributed by atoms with E-state index >= 15 is 0 Å². The predicted molar refractivity (Wildman–Crippen MR) is 153 cm³/mol. The monoisotopic (exact) mass is 538 g/mol. The van der Waals surface area contributed by atoms with Crippen molar-refractivity contribution in [2.24, 2.45) is 11.8 Å². The molecule has 3 unspecified atom stereocenters. The van der Waals surface area contributed by atoms with E-state index in [-0.39, 0.29) is 30.6 Å². The molecule has 0 aromatic heterocycles. The normalized spacial score (nSPS) is 21.1. The third-order valence-electron chi connectivity index (χ3n) is 8.91. The number of nitrogens with two attached hydrogens (primary N) is 1. The number of esters is 1. The summed E-state index contributed by atoms with van der Waals surface area (Å²) in [6.45, 7) is 5.33. The van der Waals surface area contributed by atoms with Gasteiger partial charge in [-0.25, -0.2) is 0 Å². The molecule has 0 spiro atoms. The number of fused-ring (bicyclic) bond motifs is 1. The van der Waals surface area contributed by atoms with E-state index in [0.717, 1.165) is 36.3 Å². The second kappa shape index (κ2) is 14.1. The minimum Gasteiger partial charge on any atom is -0.469 e. The first-order valence-electron chi connectivity index (χ1n) is 15.2. The number of unbranched alkanes of at least 4 members (excludes halogenated alkanes) is 1. The molecule has 2 saturated carbocycles. The number of carbonyl (C=O) groups excluding carboxylic acids is 3. The van der Waals surface area contributed by atoms with E-state index < -0.39 is 6.04 Å². The Morgan fingerprint density at radius 3 is 2.62 bits per heavy atom. The van der Waals surface area contributed by atoms with Crippen molar-refractivity contribution in [3.63, 3.8) is 0 Å². The van der Waals surface area contributed by atoms with Crippen LogP contribution in [0, 0.1) is 11.8 Å². The van der Waals surface area contributed by atoms with Gasteiger partial charge in [0.05, 0.1) is 20.0 Å². The third-order valence-corrected chi connectivity index (χ3v) is 8.91. The Labute approximate surface area is 234 Å². The number of hydrogen-bond acceptors (Lipinski definition) is 4. The highest BCUT2D eigenvalue weighted by Gasteiger charge is 2.35. The molecule has 7 heteroatoms. The van der Waals surface area contributed by atoms with Crippen LogP contribution in [0.2, 0.25) is 0 Å². The molecule has 39 heavy (non-hydrogen) atoms. The number of nitrogens with zero attached hydrogens (tertiary/aromatic N) is 1. The Morgan fingerprint density at radius 1 is 1.15 bits per heavy atom. The number of amides is 2. The molecule has 2 amide bonds. The van der Waals surface area contributed by atoms with Crippen LogP contribution >= 0.6 is 0 Å². The Hall–Kier alpha value is -2.67. The summed E-state index contributed by atoms with van der Waals surface area (Å²) in [4.78, 5) is 40.7. The van der Waals surface area contributed by atoms with Crippen LogP contribution in [-0.2, 0) is 19.1 Å². The largest absolute Gasteiger partial charge is 0.469 e. The van der Waals surface area contributed by atoms with Gasteiger partial charge in [-0.2, -0.15) is 0 Å². The molecule has 3 aliphatic rings. The average molecular weight is 539 g/mol. The van der Waals surface area contributed by atoms with Crippen molar-refractivity contribution in [1.29, 1.82) is 0 Å². The molecular formula is C32H48N3O4+. The van der Waals surface area contributed by atoms with E-state index in [1.54, 1.807) is 4.90 Å². The lowest BCUT2D eigenvalue weighted by atomic mass is 9.87. The maximum absolute atomic E-state index is 13.8. The van der Waals surface area contributed by atoms with E-state index in [2.05, 4.69) is 42.7 Å². The van der Waals surface area contributed by atoms with Gasteiger partial charge >= 0.3 is 5.97 Å². The quantitative estimate of drug-likeness (QED) is 0.263. The molecule has 1 aliphatic heterocycles. The number of ether oxygens (including phenoxy) is 1. The second-order valence-electron chi connectivity index (χ2n) is 11.9. The highest BCUT2D eigenvalue weighted by Crippen LogP contribution is 2.47. The van der Waals surface area contributed by atoms with Crippen molar-refractivity contribution in [3.8, 4) is 0 Å². The van der Waals surface area contributed by atoms with Gasteiger partial charge in [-0.05, 0) is 48.6 Å². The van der Waals surface area contributed by atoms with E-state index in [1.807, 2.05) is 6.20 Å². The highest BCUT2D eigenvalue weighted by molar-refractivity contribution is 5.94. The summed E-state index contributed by atoms with van der Waals surface area (Å²) in [5.41, 5.74) is 4.69. The number of hydrogen-bond donors (Lipinski definition) is 2. The molecule has 1 heterocycles. The Kier molecular flexibility index (Phi) is 10.6. The Balaban J connectivity index is 1.38. The fourth-order valence-corrected chi connectivity index (χ4v) is 6.24. The van der Waals surface area contributed by atoms with E-state index in [1.165, 1.54) is 56.9 Å². The number of benzene rings is 1. The lowest BCUT2D eigenvalue weighted by Gasteiger charge is -2.30. The maximum Gasteiger partial charge on any atom is 0.307 e. The number of methoxy groups -OCH3 is 1. The number of quaternary nitrogens is 1. The first-order chi connectivity index (χ1) is 18.9. The van der Waals surface area contributed by atoms with Crippen molar-refractivity contribution in [3.05, 3.63) is 35.5 Å². The van der Waals surface area contributed by atoms with Crippen LogP contribution in [0.3, 0.4) is 0 Å². The topological polar surface area (TPSA) is 92.3 Å². The molecule has 2 aliphatic carbocycles. The number of nitrogens with one attached hydrogen (secondary N) is 1. The molecule has 2 fully saturated rings. The minimum atomic E-state index is -0.578. The fourth-order valence-electron chi connectivity index (χ4n) is 6.24. The number of carbonyl (C=O) groups is 3. The van der Waals surface area contributed by atoms with Gasteiger partial charge in [-0.3, -0.25) is 19.7 Å². The molecule has 4 rings (SSSR count). The average Bonchev–Trinajstić information content (AvgIpc) is 3.56. The smallest absolute Gasteiger partial charge is 0.307 e. The van der Waals surface area contributed by atoms with Crippen molar-refractivity contribution in [2.75, 3.05) is 20.2 Å². The van der Waals surface area contributed by atoms with Crippen molar-refractivity contribution in [1.82, 2.24) is 10.2 Å². The molecule has 1 aromatic carbocycles. The third kappa shape index (κ3) is 8.17. The molecule has 7 nitrogen and oxygen atoms in total. The van der Waals surface area contributed by atoms with Crippen LogP contribution in [0.15, 0.2) is 24.4 Å². The summed E-state index contributed by atoms with van der Waals surface area (Å²) in [5.74, 6) is 1.54. The van der Waals surface area contributed by atoms with Crippen molar-refractivity contribution < 1.29 is 24.4 Å². The zero-order chi connectivity index (χ0) is 27.8. The first-order valence-corrected chi connectivity index (χ1v) is 15.2. The van der Waals surface area contributed by atoms with Crippen LogP contribution in [-0.4, -0.2) is 48.9 Å². The van der Waals surface area contributed by atoms with Crippen LogP contribution in [0.1, 0.15) is 108 Å². The zero-order valence-electron chi connectivity index (χ0n) is 24.2. The summed E-state index contributed by atoms with van der Waals surface area (Å²) in [7, 11) is 1.38. The summed E-state index contributed by atoms with van der Waals surface area (Å²) in [6.07, 6.45) is 13.3. The minimum absolute atomic E-state index is 0.0768. The van der Waals surface area contributed by atoms with Gasteiger partial charge in [-0.15, -0.1) is 0 Å². The molecule has 3 N–H and O–H groups in total. The molecule has 214 valence electrons. The van der Waals surface area contributed by atoms with Gasteiger partial charge in [0.2, 0.25) is 11.8 Å². The van der Waals surface area contributed by atoms with Crippen LogP contribution in [0.25, 0.3) is 5.57 Å². The predicted octanol–water partition coefficient (Wildman–Crippen LogP) is 4.79. The van der Waals surface area contributed by atoms with Gasteiger partial charge in [0.15, 0.2) is 0 Å². The SMILES string of the molecule is CCCCC(NC(=O)CC1=C[NH2+]c2cc(C3CC3C)ccc21)C(=O)N(CCC(=O)OC)CCC1CCCCC1. The second-order valence-corrected chi connectivity index (χ2v) is 11.9. The zero-order valence-corrected chi connectivity index (χ0v) is 24.2.